The van der Waals surface area contributed by atoms with Crippen LogP contribution in [-0.2, 0) is 19.6 Å². The van der Waals surface area contributed by atoms with Gasteiger partial charge in [0.25, 0.3) is 5.91 Å². The first-order chi connectivity index (χ1) is 15.1. The second-order valence-corrected chi connectivity index (χ2v) is 10.5. The van der Waals surface area contributed by atoms with Crippen LogP contribution < -0.4 is 5.32 Å². The molecule has 7 nitrogen and oxygen atoms in total. The van der Waals surface area contributed by atoms with Gasteiger partial charge in [0.2, 0.25) is 10.0 Å². The fraction of sp³-hybridized carbons (Fsp3) is 0.333. The van der Waals surface area contributed by atoms with Crippen LogP contribution in [0.15, 0.2) is 41.3 Å². The number of nitrogens with zero attached hydrogens (tertiary/aromatic N) is 1. The summed E-state index contributed by atoms with van der Waals surface area (Å²) in [6, 6.07) is 8.35. The summed E-state index contributed by atoms with van der Waals surface area (Å²) in [6.45, 7) is 2.23. The summed E-state index contributed by atoms with van der Waals surface area (Å²) in [7, 11) is -3.77. The Morgan fingerprint density at radius 1 is 1.00 bits per heavy atom. The second kappa shape index (κ2) is 10.4. The molecule has 1 aliphatic rings. The van der Waals surface area contributed by atoms with Crippen LogP contribution in [0, 0.1) is 0 Å². The Bertz CT molecular complexity index is 1110. The molecule has 3 rings (SSSR count). The van der Waals surface area contributed by atoms with Gasteiger partial charge in [0.1, 0.15) is 0 Å². The average molecular weight is 520 g/mol. The fourth-order valence-corrected chi connectivity index (χ4v) is 5.49. The summed E-state index contributed by atoms with van der Waals surface area (Å²) in [5, 5.41) is 3.23. The lowest BCUT2D eigenvalue weighted by Gasteiger charge is -2.26. The van der Waals surface area contributed by atoms with Crippen molar-refractivity contribution in [3.8, 4) is 0 Å². The van der Waals surface area contributed by atoms with Crippen molar-refractivity contribution in [1.29, 1.82) is 0 Å². The maximum absolute atomic E-state index is 12.9. The van der Waals surface area contributed by atoms with Gasteiger partial charge in [-0.15, -0.1) is 0 Å². The summed E-state index contributed by atoms with van der Waals surface area (Å²) in [4.78, 5) is 25.0. The number of nitrogens with one attached hydrogen (secondary N) is 1. The van der Waals surface area contributed by atoms with Crippen LogP contribution in [0.5, 0.6) is 0 Å². The van der Waals surface area contributed by atoms with Gasteiger partial charge < -0.3 is 10.1 Å². The maximum Gasteiger partial charge on any atom is 0.340 e. The molecule has 1 amide bonds. The highest BCUT2D eigenvalue weighted by Crippen LogP contribution is 2.26. The molecule has 1 heterocycles. The predicted molar refractivity (Wildman–Crippen MR) is 124 cm³/mol. The first kappa shape index (κ1) is 24.8. The van der Waals surface area contributed by atoms with E-state index in [4.69, 9.17) is 39.5 Å². The average Bonchev–Trinajstić information content (AvgIpc) is 2.73. The van der Waals surface area contributed by atoms with E-state index < -0.39 is 28.0 Å². The standard InChI is InChI=1S/C21H21Cl3N2O5S/c1-13(20(27)25-16-10-14(22)9-15(23)11-16)31-21(28)18-12-17(5-6-19(18)24)32(29,30)26-7-3-2-4-8-26/h5-6,9-13H,2-4,7-8H2,1H3,(H,25,27). The molecule has 1 aliphatic heterocycles. The Morgan fingerprint density at radius 2 is 1.62 bits per heavy atom. The number of carbonyl (C=O) groups excluding carboxylic acids is 2. The van der Waals surface area contributed by atoms with Crippen LogP contribution in [0.4, 0.5) is 5.69 Å². The molecule has 0 aliphatic carbocycles. The van der Waals surface area contributed by atoms with Crippen molar-refractivity contribution in [2.75, 3.05) is 18.4 Å². The smallest absolute Gasteiger partial charge is 0.340 e. The first-order valence-corrected chi connectivity index (χ1v) is 12.4. The number of esters is 1. The van der Waals surface area contributed by atoms with E-state index in [0.717, 1.165) is 19.3 Å². The highest BCUT2D eigenvalue weighted by atomic mass is 35.5. The zero-order chi connectivity index (χ0) is 23.5. The molecule has 0 spiro atoms. The largest absolute Gasteiger partial charge is 0.449 e. The van der Waals surface area contributed by atoms with Gasteiger partial charge in [-0.1, -0.05) is 41.2 Å². The number of hydrogen-bond donors (Lipinski definition) is 1. The molecule has 32 heavy (non-hydrogen) atoms. The summed E-state index contributed by atoms with van der Waals surface area (Å²) in [5.74, 6) is -1.54. The molecule has 0 radical (unpaired) electrons. The minimum Gasteiger partial charge on any atom is -0.449 e. The van der Waals surface area contributed by atoms with Gasteiger partial charge >= 0.3 is 5.97 Å². The van der Waals surface area contributed by atoms with Crippen LogP contribution in [0.3, 0.4) is 0 Å². The minimum absolute atomic E-state index is 0.0156. The van der Waals surface area contributed by atoms with Crippen molar-refractivity contribution in [1.82, 2.24) is 4.31 Å². The van der Waals surface area contributed by atoms with Crippen LogP contribution in [0.1, 0.15) is 36.5 Å². The number of anilines is 1. The van der Waals surface area contributed by atoms with Gasteiger partial charge in [-0.3, -0.25) is 4.79 Å². The summed E-state index contributed by atoms with van der Waals surface area (Å²) >= 11 is 17.9. The van der Waals surface area contributed by atoms with Crippen molar-refractivity contribution in [3.05, 3.63) is 57.0 Å². The van der Waals surface area contributed by atoms with Crippen molar-refractivity contribution in [2.24, 2.45) is 0 Å². The molecule has 0 aromatic heterocycles. The normalized spacial score (nSPS) is 15.8. The molecule has 172 valence electrons. The van der Waals surface area contributed by atoms with E-state index in [9.17, 15) is 18.0 Å². The summed E-state index contributed by atoms with van der Waals surface area (Å²) < 4.78 is 32.4. The van der Waals surface area contributed by atoms with E-state index >= 15 is 0 Å². The molecule has 0 bridgehead atoms. The fourth-order valence-electron chi connectivity index (χ4n) is 3.22. The molecule has 1 saturated heterocycles. The monoisotopic (exact) mass is 518 g/mol. The molecule has 0 saturated carbocycles. The Labute approximate surface area is 201 Å². The molecular formula is C21H21Cl3N2O5S. The summed E-state index contributed by atoms with van der Waals surface area (Å²) in [6.07, 6.45) is 1.35. The molecule has 2 aromatic carbocycles. The number of sulfonamides is 1. The Hall–Kier alpha value is -1.84. The number of hydrogen-bond acceptors (Lipinski definition) is 5. The van der Waals surface area contributed by atoms with E-state index in [2.05, 4.69) is 5.32 Å². The van der Waals surface area contributed by atoms with E-state index in [1.54, 1.807) is 0 Å². The van der Waals surface area contributed by atoms with Crippen LogP contribution >= 0.6 is 34.8 Å². The number of ether oxygens (including phenoxy) is 1. The zero-order valence-corrected chi connectivity index (χ0v) is 20.2. The predicted octanol–water partition coefficient (Wildman–Crippen LogP) is 5.01. The number of rotatable bonds is 6. The maximum atomic E-state index is 12.9. The molecule has 1 unspecified atom stereocenters. The topological polar surface area (TPSA) is 92.8 Å². The zero-order valence-electron chi connectivity index (χ0n) is 17.1. The number of carbonyl (C=O) groups is 2. The molecular weight excluding hydrogens is 499 g/mol. The number of halogens is 3. The lowest BCUT2D eigenvalue weighted by molar-refractivity contribution is -0.123. The van der Waals surface area contributed by atoms with Crippen LogP contribution in [0.25, 0.3) is 0 Å². The Morgan fingerprint density at radius 3 is 2.25 bits per heavy atom. The van der Waals surface area contributed by atoms with Crippen molar-refractivity contribution >= 4 is 62.4 Å². The van der Waals surface area contributed by atoms with Crippen molar-refractivity contribution in [3.63, 3.8) is 0 Å². The molecule has 1 atom stereocenters. The molecule has 2 aromatic rings. The van der Waals surface area contributed by atoms with Crippen LogP contribution in [0.2, 0.25) is 15.1 Å². The van der Waals surface area contributed by atoms with Crippen LogP contribution in [-0.4, -0.2) is 43.8 Å². The van der Waals surface area contributed by atoms with Gasteiger partial charge in [0.05, 0.1) is 15.5 Å². The molecule has 1 N–H and O–H groups in total. The van der Waals surface area contributed by atoms with Gasteiger partial charge in [0.15, 0.2) is 6.10 Å². The third-order valence-corrected chi connectivity index (χ3v) is 7.55. The highest BCUT2D eigenvalue weighted by Gasteiger charge is 2.28. The lowest BCUT2D eigenvalue weighted by Crippen LogP contribution is -2.35. The van der Waals surface area contributed by atoms with Gasteiger partial charge in [-0.05, 0) is 56.2 Å². The van der Waals surface area contributed by atoms with E-state index in [0.29, 0.717) is 28.8 Å². The van der Waals surface area contributed by atoms with Gasteiger partial charge in [-0.2, -0.15) is 4.31 Å². The quantitative estimate of drug-likeness (QED) is 0.542. The van der Waals surface area contributed by atoms with Gasteiger partial charge in [0, 0.05) is 28.8 Å². The Balaban J connectivity index is 1.74. The number of amides is 1. The number of piperidine rings is 1. The number of benzene rings is 2. The van der Waals surface area contributed by atoms with E-state index in [1.165, 1.54) is 47.6 Å². The van der Waals surface area contributed by atoms with E-state index in [-0.39, 0.29) is 15.5 Å². The lowest BCUT2D eigenvalue weighted by atomic mass is 10.2. The van der Waals surface area contributed by atoms with Crippen molar-refractivity contribution in [2.45, 2.75) is 37.2 Å². The second-order valence-electron chi connectivity index (χ2n) is 7.30. The summed E-state index contributed by atoms with van der Waals surface area (Å²) in [5.41, 5.74) is 0.193. The third-order valence-electron chi connectivity index (χ3n) is 4.89. The third kappa shape index (κ3) is 5.94. The van der Waals surface area contributed by atoms with E-state index in [1.807, 2.05) is 0 Å². The SMILES string of the molecule is CC(OC(=O)c1cc(S(=O)(=O)N2CCCCC2)ccc1Cl)C(=O)Nc1cc(Cl)cc(Cl)c1. The molecule has 11 heteroatoms. The first-order valence-electron chi connectivity index (χ1n) is 9.85. The Kier molecular flexibility index (Phi) is 8.06. The highest BCUT2D eigenvalue weighted by molar-refractivity contribution is 7.89. The van der Waals surface area contributed by atoms with Gasteiger partial charge in [-0.25, -0.2) is 13.2 Å². The van der Waals surface area contributed by atoms with Crippen molar-refractivity contribution < 1.29 is 22.7 Å². The molecule has 1 fully saturated rings. The minimum atomic E-state index is -3.77.